The van der Waals surface area contributed by atoms with Crippen molar-refractivity contribution in [3.63, 3.8) is 0 Å². The zero-order valence-corrected chi connectivity index (χ0v) is 8.58. The van der Waals surface area contributed by atoms with Gasteiger partial charge in [0, 0.05) is 16.6 Å². The highest BCUT2D eigenvalue weighted by Gasteiger charge is 2.52. The molecule has 0 radical (unpaired) electrons. The molecule has 1 fully saturated rings. The number of hydrogen-bond donors (Lipinski definition) is 0. The molecule has 1 unspecified atom stereocenters. The van der Waals surface area contributed by atoms with Crippen LogP contribution < -0.4 is 0 Å². The molecule has 4 nitrogen and oxygen atoms in total. The van der Waals surface area contributed by atoms with E-state index >= 15 is 0 Å². The van der Waals surface area contributed by atoms with Crippen LogP contribution in [0.2, 0.25) is 0 Å². The first-order valence-electron chi connectivity index (χ1n) is 3.15. The second-order valence-electron chi connectivity index (χ2n) is 2.91. The molecular weight excluding hydrogens is 225 g/mol. The normalized spacial score (nSPS) is 30.2. The van der Waals surface area contributed by atoms with Gasteiger partial charge in [-0.25, -0.2) is 4.31 Å². The van der Waals surface area contributed by atoms with Crippen LogP contribution in [0.4, 0.5) is 0 Å². The highest BCUT2D eigenvalue weighted by Crippen LogP contribution is 2.36. The SMILES string of the molecule is CC1(CCl)CC(=O)N1S(=O)(=O)Cl. The lowest BCUT2D eigenvalue weighted by molar-refractivity contribution is -0.142. The van der Waals surface area contributed by atoms with E-state index in [1.165, 1.54) is 0 Å². The number of carbonyl (C=O) groups is 1. The zero-order valence-electron chi connectivity index (χ0n) is 6.25. The number of rotatable bonds is 2. The highest BCUT2D eigenvalue weighted by molar-refractivity contribution is 8.12. The van der Waals surface area contributed by atoms with Crippen molar-refractivity contribution >= 4 is 37.4 Å². The van der Waals surface area contributed by atoms with Crippen LogP contribution in [-0.2, 0) is 14.0 Å². The quantitative estimate of drug-likeness (QED) is 0.400. The molecule has 0 aromatic rings. The predicted octanol–water partition coefficient (Wildman–Crippen LogP) is 0.700. The fourth-order valence-electron chi connectivity index (χ4n) is 1.17. The molecule has 7 heteroatoms. The lowest BCUT2D eigenvalue weighted by Gasteiger charge is -2.45. The van der Waals surface area contributed by atoms with Gasteiger partial charge in [0.05, 0.1) is 12.0 Å². The molecule has 1 amide bonds. The summed E-state index contributed by atoms with van der Waals surface area (Å²) in [5, 5.41) is 0. The van der Waals surface area contributed by atoms with Crippen LogP contribution in [0.1, 0.15) is 13.3 Å². The number of amides is 1. The molecule has 0 spiro atoms. The molecule has 12 heavy (non-hydrogen) atoms. The van der Waals surface area contributed by atoms with Crippen LogP contribution in [-0.4, -0.2) is 30.0 Å². The largest absolute Gasteiger partial charge is 0.324 e. The number of carbonyl (C=O) groups excluding carboxylic acids is 1. The standard InChI is InChI=1S/C5H7Cl2NO3S/c1-5(3-6)2-4(9)8(5)12(7,10)11/h2-3H2,1H3. The first-order valence-corrected chi connectivity index (χ1v) is 5.95. The van der Waals surface area contributed by atoms with Gasteiger partial charge in [0.15, 0.2) is 0 Å². The van der Waals surface area contributed by atoms with Gasteiger partial charge in [-0.2, -0.15) is 8.42 Å². The predicted molar refractivity (Wildman–Crippen MR) is 45.4 cm³/mol. The average molecular weight is 232 g/mol. The Labute approximate surface area is 80.0 Å². The van der Waals surface area contributed by atoms with Crippen molar-refractivity contribution in [1.29, 1.82) is 0 Å². The summed E-state index contributed by atoms with van der Waals surface area (Å²) in [7, 11) is 1.05. The van der Waals surface area contributed by atoms with Crippen molar-refractivity contribution in [3.8, 4) is 0 Å². The summed E-state index contributed by atoms with van der Waals surface area (Å²) in [6.45, 7) is 1.57. The van der Waals surface area contributed by atoms with E-state index in [1.54, 1.807) is 6.92 Å². The molecular formula is C5H7Cl2NO3S. The number of alkyl halides is 1. The van der Waals surface area contributed by atoms with Crippen molar-refractivity contribution in [2.24, 2.45) is 0 Å². The Hall–Kier alpha value is -0.000000000000000111. The van der Waals surface area contributed by atoms with E-state index in [4.69, 9.17) is 22.3 Å². The fourth-order valence-corrected chi connectivity index (χ4v) is 3.14. The number of β-lactam (4-membered cyclic amide) rings is 1. The zero-order chi connectivity index (χ0) is 9.57. The molecule has 1 aliphatic heterocycles. The molecule has 1 aliphatic rings. The maximum Gasteiger partial charge on any atom is 0.324 e. The molecule has 1 heterocycles. The van der Waals surface area contributed by atoms with Gasteiger partial charge in [0.2, 0.25) is 5.91 Å². The Bertz CT molecular complexity index is 315. The van der Waals surface area contributed by atoms with Gasteiger partial charge >= 0.3 is 9.24 Å². The van der Waals surface area contributed by atoms with E-state index in [0.717, 1.165) is 0 Å². The minimum absolute atomic E-state index is 0.0602. The van der Waals surface area contributed by atoms with Crippen molar-refractivity contribution in [2.75, 3.05) is 5.88 Å². The van der Waals surface area contributed by atoms with Crippen molar-refractivity contribution in [3.05, 3.63) is 0 Å². The van der Waals surface area contributed by atoms with Crippen molar-refractivity contribution in [2.45, 2.75) is 18.9 Å². The van der Waals surface area contributed by atoms with Crippen LogP contribution in [0, 0.1) is 0 Å². The Kier molecular flexibility index (Phi) is 2.31. The summed E-state index contributed by atoms with van der Waals surface area (Å²) in [6.07, 6.45) is 0.127. The Morgan fingerprint density at radius 2 is 2.17 bits per heavy atom. The molecule has 0 aliphatic carbocycles. The maximum atomic E-state index is 10.9. The lowest BCUT2D eigenvalue weighted by atomic mass is 9.92. The molecule has 1 saturated heterocycles. The molecule has 0 bridgehead atoms. The number of hydrogen-bond acceptors (Lipinski definition) is 3. The molecule has 0 aromatic heterocycles. The first-order chi connectivity index (χ1) is 5.31. The van der Waals surface area contributed by atoms with Crippen molar-refractivity contribution < 1.29 is 13.2 Å². The third kappa shape index (κ3) is 1.41. The second-order valence-corrected chi connectivity index (χ2v) is 5.53. The first kappa shape index (κ1) is 10.1. The highest BCUT2D eigenvalue weighted by atomic mass is 35.7. The molecule has 70 valence electrons. The average Bonchev–Trinajstić information content (AvgIpc) is 1.82. The number of halogens is 2. The Balaban J connectivity index is 2.97. The van der Waals surface area contributed by atoms with Gasteiger partial charge in [-0.3, -0.25) is 4.79 Å². The summed E-state index contributed by atoms with van der Waals surface area (Å²) in [5.41, 5.74) is -0.834. The van der Waals surface area contributed by atoms with E-state index in [9.17, 15) is 13.2 Å². The molecule has 0 saturated carbocycles. The molecule has 1 atom stereocenters. The summed E-state index contributed by atoms with van der Waals surface area (Å²) in [5.74, 6) is -0.446. The van der Waals surface area contributed by atoms with Gasteiger partial charge < -0.3 is 0 Å². The summed E-state index contributed by atoms with van der Waals surface area (Å²) in [4.78, 5) is 10.9. The van der Waals surface area contributed by atoms with Gasteiger partial charge in [-0.1, -0.05) is 0 Å². The van der Waals surface area contributed by atoms with E-state index in [1.807, 2.05) is 0 Å². The van der Waals surface area contributed by atoms with Gasteiger partial charge in [0.1, 0.15) is 0 Å². The van der Waals surface area contributed by atoms with E-state index < -0.39 is 20.7 Å². The third-order valence-electron chi connectivity index (χ3n) is 1.75. The Morgan fingerprint density at radius 3 is 2.33 bits per heavy atom. The molecule has 0 aromatic carbocycles. The van der Waals surface area contributed by atoms with Gasteiger partial charge in [0.25, 0.3) is 0 Å². The van der Waals surface area contributed by atoms with Gasteiger partial charge in [-0.05, 0) is 6.92 Å². The van der Waals surface area contributed by atoms with Gasteiger partial charge in [-0.15, -0.1) is 11.6 Å². The Morgan fingerprint density at radius 1 is 1.67 bits per heavy atom. The van der Waals surface area contributed by atoms with E-state index in [0.29, 0.717) is 4.31 Å². The van der Waals surface area contributed by atoms with Crippen LogP contribution in [0.15, 0.2) is 0 Å². The van der Waals surface area contributed by atoms with Crippen molar-refractivity contribution in [1.82, 2.24) is 4.31 Å². The summed E-state index contributed by atoms with van der Waals surface area (Å²) < 4.78 is 22.2. The van der Waals surface area contributed by atoms with E-state index in [-0.39, 0.29) is 12.3 Å². The monoisotopic (exact) mass is 231 g/mol. The lowest BCUT2D eigenvalue weighted by Crippen LogP contribution is -2.63. The molecule has 1 rings (SSSR count). The minimum atomic E-state index is -3.96. The number of nitrogens with zero attached hydrogens (tertiary/aromatic N) is 1. The fraction of sp³-hybridized carbons (Fsp3) is 0.800. The van der Waals surface area contributed by atoms with Crippen LogP contribution in [0.25, 0.3) is 0 Å². The van der Waals surface area contributed by atoms with Crippen LogP contribution in [0.5, 0.6) is 0 Å². The third-order valence-corrected chi connectivity index (χ3v) is 3.83. The van der Waals surface area contributed by atoms with Crippen LogP contribution >= 0.6 is 22.3 Å². The minimum Gasteiger partial charge on any atom is -0.274 e. The maximum absolute atomic E-state index is 10.9. The molecule has 0 N–H and O–H groups in total. The second kappa shape index (κ2) is 2.75. The van der Waals surface area contributed by atoms with E-state index in [2.05, 4.69) is 0 Å². The summed E-state index contributed by atoms with van der Waals surface area (Å²) >= 11 is 5.49. The smallest absolute Gasteiger partial charge is 0.274 e. The van der Waals surface area contributed by atoms with Crippen LogP contribution in [0.3, 0.4) is 0 Å². The topological polar surface area (TPSA) is 54.5 Å². The summed E-state index contributed by atoms with van der Waals surface area (Å²) in [6, 6.07) is 0.